The number of benzene rings is 2. The molecule has 106 valence electrons. The van der Waals surface area contributed by atoms with E-state index in [1.807, 2.05) is 24.3 Å². The molecule has 0 saturated carbocycles. The Labute approximate surface area is 123 Å². The Kier molecular flexibility index (Phi) is 3.79. The molecule has 0 aliphatic carbocycles. The lowest BCUT2D eigenvalue weighted by Crippen LogP contribution is -1.89. The Bertz CT molecular complexity index is 715. The second-order valence-electron chi connectivity index (χ2n) is 4.94. The summed E-state index contributed by atoms with van der Waals surface area (Å²) in [5.41, 5.74) is 4.33. The molecule has 0 spiro atoms. The molecule has 0 aliphatic heterocycles. The number of nitrogens with zero attached hydrogens (tertiary/aromatic N) is 2. The number of aromatic nitrogens is 2. The van der Waals surface area contributed by atoms with Crippen LogP contribution in [-0.4, -0.2) is 15.3 Å². The normalized spacial score (nSPS) is 10.8. The van der Waals surface area contributed by atoms with Crippen LogP contribution in [0.5, 0.6) is 0 Å². The highest BCUT2D eigenvalue weighted by Gasteiger charge is 2.04. The molecule has 3 rings (SSSR count). The fourth-order valence-electron chi connectivity index (χ4n) is 2.20. The summed E-state index contributed by atoms with van der Waals surface area (Å²) in [5, 5.41) is 16.9. The first-order chi connectivity index (χ1) is 10.2. The van der Waals surface area contributed by atoms with Gasteiger partial charge in [0.2, 0.25) is 11.8 Å². The van der Waals surface area contributed by atoms with Gasteiger partial charge < -0.3 is 9.52 Å². The Balaban J connectivity index is 1.76. The van der Waals surface area contributed by atoms with E-state index >= 15 is 0 Å². The third kappa shape index (κ3) is 3.17. The molecule has 0 fully saturated rings. The molecule has 0 unspecified atom stereocenters. The van der Waals surface area contributed by atoms with E-state index in [9.17, 15) is 0 Å². The SMILES string of the molecule is Cc1nnc(Cc2ccc(-c3ccc(CO)cc3)cc2)o1. The second-order valence-corrected chi connectivity index (χ2v) is 4.94. The minimum absolute atomic E-state index is 0.0722. The fourth-order valence-corrected chi connectivity index (χ4v) is 2.20. The summed E-state index contributed by atoms with van der Waals surface area (Å²) >= 11 is 0. The molecule has 0 radical (unpaired) electrons. The molecule has 2 aromatic carbocycles. The highest BCUT2D eigenvalue weighted by molar-refractivity contribution is 5.64. The van der Waals surface area contributed by atoms with E-state index in [-0.39, 0.29) is 6.61 Å². The first-order valence-corrected chi connectivity index (χ1v) is 6.83. The Morgan fingerprint density at radius 1 is 0.857 bits per heavy atom. The maximum Gasteiger partial charge on any atom is 0.220 e. The summed E-state index contributed by atoms with van der Waals surface area (Å²) in [6, 6.07) is 16.2. The largest absolute Gasteiger partial charge is 0.425 e. The molecule has 1 aromatic heterocycles. The molecule has 4 heteroatoms. The van der Waals surface area contributed by atoms with Crippen LogP contribution in [0, 0.1) is 6.92 Å². The van der Waals surface area contributed by atoms with Crippen LogP contribution in [0.15, 0.2) is 52.9 Å². The summed E-state index contributed by atoms with van der Waals surface area (Å²) < 4.78 is 5.38. The van der Waals surface area contributed by atoms with Crippen molar-refractivity contribution in [2.75, 3.05) is 0 Å². The Hall–Kier alpha value is -2.46. The van der Waals surface area contributed by atoms with Gasteiger partial charge in [-0.3, -0.25) is 0 Å². The van der Waals surface area contributed by atoms with Gasteiger partial charge in [-0.2, -0.15) is 0 Å². The van der Waals surface area contributed by atoms with Crippen LogP contribution >= 0.6 is 0 Å². The molecule has 1 N–H and O–H groups in total. The van der Waals surface area contributed by atoms with Crippen LogP contribution in [-0.2, 0) is 13.0 Å². The van der Waals surface area contributed by atoms with Gasteiger partial charge in [-0.25, -0.2) is 0 Å². The first kappa shape index (κ1) is 13.5. The topological polar surface area (TPSA) is 59.2 Å². The van der Waals surface area contributed by atoms with Gasteiger partial charge in [0.1, 0.15) is 0 Å². The van der Waals surface area contributed by atoms with Gasteiger partial charge in [0, 0.05) is 6.92 Å². The molecule has 1 heterocycles. The smallest absolute Gasteiger partial charge is 0.220 e. The van der Waals surface area contributed by atoms with Crippen molar-refractivity contribution in [1.29, 1.82) is 0 Å². The monoisotopic (exact) mass is 280 g/mol. The van der Waals surface area contributed by atoms with Gasteiger partial charge in [0.05, 0.1) is 13.0 Å². The number of hydrogen-bond donors (Lipinski definition) is 1. The molecule has 3 aromatic rings. The number of aliphatic hydroxyl groups excluding tert-OH is 1. The number of hydrogen-bond acceptors (Lipinski definition) is 4. The van der Waals surface area contributed by atoms with E-state index in [1.54, 1.807) is 6.92 Å². The van der Waals surface area contributed by atoms with Crippen LogP contribution in [0.2, 0.25) is 0 Å². The van der Waals surface area contributed by atoms with Crippen LogP contribution < -0.4 is 0 Å². The zero-order chi connectivity index (χ0) is 14.7. The third-order valence-corrected chi connectivity index (χ3v) is 3.35. The summed E-state index contributed by atoms with van der Waals surface area (Å²) in [6.07, 6.45) is 0.643. The highest BCUT2D eigenvalue weighted by Crippen LogP contribution is 2.21. The molecular weight excluding hydrogens is 264 g/mol. The average molecular weight is 280 g/mol. The van der Waals surface area contributed by atoms with Gasteiger partial charge in [0.25, 0.3) is 0 Å². The minimum Gasteiger partial charge on any atom is -0.425 e. The minimum atomic E-state index is 0.0722. The predicted octanol–water partition coefficient (Wildman–Crippen LogP) is 3.13. The van der Waals surface area contributed by atoms with Crippen molar-refractivity contribution in [3.05, 3.63) is 71.4 Å². The van der Waals surface area contributed by atoms with Gasteiger partial charge in [-0.05, 0) is 22.3 Å². The summed E-state index contributed by atoms with van der Waals surface area (Å²) in [5.74, 6) is 1.22. The molecule has 0 atom stereocenters. The average Bonchev–Trinajstić information content (AvgIpc) is 2.93. The van der Waals surface area contributed by atoms with Crippen molar-refractivity contribution in [1.82, 2.24) is 10.2 Å². The zero-order valence-corrected chi connectivity index (χ0v) is 11.8. The molecule has 21 heavy (non-hydrogen) atoms. The van der Waals surface area contributed by atoms with E-state index in [1.165, 1.54) is 0 Å². The first-order valence-electron chi connectivity index (χ1n) is 6.83. The van der Waals surface area contributed by atoms with Crippen LogP contribution in [0.4, 0.5) is 0 Å². The van der Waals surface area contributed by atoms with E-state index < -0.39 is 0 Å². The van der Waals surface area contributed by atoms with Crippen molar-refractivity contribution < 1.29 is 9.52 Å². The quantitative estimate of drug-likeness (QED) is 0.797. The lowest BCUT2D eigenvalue weighted by molar-refractivity contribution is 0.282. The molecule has 4 nitrogen and oxygen atoms in total. The lowest BCUT2D eigenvalue weighted by Gasteiger charge is -2.04. The summed E-state index contributed by atoms with van der Waals surface area (Å²) in [6.45, 7) is 1.86. The van der Waals surface area contributed by atoms with Crippen molar-refractivity contribution in [3.63, 3.8) is 0 Å². The van der Waals surface area contributed by atoms with E-state index in [0.717, 1.165) is 22.3 Å². The standard InChI is InChI=1S/C17H16N2O2/c1-12-18-19-17(21-12)10-13-2-6-15(7-3-13)16-8-4-14(11-20)5-9-16/h2-9,20H,10-11H2,1H3. The zero-order valence-electron chi connectivity index (χ0n) is 11.8. The van der Waals surface area contributed by atoms with E-state index in [0.29, 0.717) is 18.2 Å². The Morgan fingerprint density at radius 2 is 1.43 bits per heavy atom. The predicted molar refractivity (Wildman–Crippen MR) is 79.6 cm³/mol. The van der Waals surface area contributed by atoms with Crippen molar-refractivity contribution in [3.8, 4) is 11.1 Å². The van der Waals surface area contributed by atoms with Crippen molar-refractivity contribution in [2.45, 2.75) is 20.0 Å². The number of aliphatic hydroxyl groups is 1. The molecule has 0 aliphatic rings. The van der Waals surface area contributed by atoms with Crippen molar-refractivity contribution >= 4 is 0 Å². The maximum absolute atomic E-state index is 9.06. The molecule has 0 saturated heterocycles. The van der Waals surface area contributed by atoms with Gasteiger partial charge >= 0.3 is 0 Å². The van der Waals surface area contributed by atoms with Gasteiger partial charge in [-0.15, -0.1) is 10.2 Å². The molecular formula is C17H16N2O2. The lowest BCUT2D eigenvalue weighted by atomic mass is 10.0. The fraction of sp³-hybridized carbons (Fsp3) is 0.176. The highest BCUT2D eigenvalue weighted by atomic mass is 16.4. The van der Waals surface area contributed by atoms with Gasteiger partial charge in [0.15, 0.2) is 0 Å². The second kappa shape index (κ2) is 5.89. The Morgan fingerprint density at radius 3 is 1.90 bits per heavy atom. The number of rotatable bonds is 4. The van der Waals surface area contributed by atoms with E-state index in [4.69, 9.17) is 9.52 Å². The van der Waals surface area contributed by atoms with E-state index in [2.05, 4.69) is 34.5 Å². The van der Waals surface area contributed by atoms with Crippen LogP contribution in [0.3, 0.4) is 0 Å². The molecule has 0 amide bonds. The summed E-state index contributed by atoms with van der Waals surface area (Å²) in [4.78, 5) is 0. The third-order valence-electron chi connectivity index (χ3n) is 3.35. The van der Waals surface area contributed by atoms with Crippen molar-refractivity contribution in [2.24, 2.45) is 0 Å². The summed E-state index contributed by atoms with van der Waals surface area (Å²) in [7, 11) is 0. The van der Waals surface area contributed by atoms with Gasteiger partial charge in [-0.1, -0.05) is 48.5 Å². The van der Waals surface area contributed by atoms with Crippen LogP contribution in [0.25, 0.3) is 11.1 Å². The number of aryl methyl sites for hydroxylation is 1. The molecule has 0 bridgehead atoms. The van der Waals surface area contributed by atoms with Crippen LogP contribution in [0.1, 0.15) is 22.9 Å². The maximum atomic E-state index is 9.06.